The van der Waals surface area contributed by atoms with Gasteiger partial charge in [0.2, 0.25) is 5.91 Å². The van der Waals surface area contributed by atoms with Gasteiger partial charge in [-0.1, -0.05) is 46.2 Å². The molecule has 2 amide bonds. The highest BCUT2D eigenvalue weighted by Crippen LogP contribution is 2.27. The molecule has 1 heterocycles. The van der Waals surface area contributed by atoms with E-state index in [4.69, 9.17) is 14.6 Å². The van der Waals surface area contributed by atoms with Crippen LogP contribution in [0.5, 0.6) is 5.75 Å². The summed E-state index contributed by atoms with van der Waals surface area (Å²) < 4.78 is 12.2. The number of hydrogen-bond donors (Lipinski definition) is 1. The van der Waals surface area contributed by atoms with Gasteiger partial charge in [-0.15, -0.1) is 0 Å². The maximum atomic E-state index is 13.3. The molecular formula is C30H40N4O4. The number of nitrogens with zero attached hydrogens (tertiary/aromatic N) is 3. The fraction of sp³-hybridized carbons (Fsp3) is 0.433. The second kappa shape index (κ2) is 13.2. The second-order valence-electron chi connectivity index (χ2n) is 10.3. The van der Waals surface area contributed by atoms with E-state index in [2.05, 4.69) is 33.0 Å². The summed E-state index contributed by atoms with van der Waals surface area (Å²) in [5.41, 5.74) is 3.14. The zero-order valence-electron chi connectivity index (χ0n) is 23.4. The molecule has 2 aromatic carbocycles. The number of aryl methyl sites for hydroxylation is 1. The number of hydrogen-bond acceptors (Lipinski definition) is 5. The first-order valence-corrected chi connectivity index (χ1v) is 13.1. The largest absolute Gasteiger partial charge is 0.497 e. The quantitative estimate of drug-likeness (QED) is 0.353. The van der Waals surface area contributed by atoms with Crippen molar-refractivity contribution >= 4 is 17.6 Å². The van der Waals surface area contributed by atoms with E-state index < -0.39 is 0 Å². The number of nitrogens with one attached hydrogen (secondary N) is 1. The Morgan fingerprint density at radius 1 is 1.03 bits per heavy atom. The summed E-state index contributed by atoms with van der Waals surface area (Å²) in [5.74, 6) is 0.736. The maximum absolute atomic E-state index is 13.3. The van der Waals surface area contributed by atoms with Crippen LogP contribution in [-0.4, -0.2) is 60.4 Å². The first-order valence-electron chi connectivity index (χ1n) is 13.1. The molecule has 1 aromatic heterocycles. The standard InChI is InChI=1S/C30H40N4O4/c1-7-8-9-22-10-12-23(13-11-22)29(36)33(18-19-37-5)21-28(35)31-27-20-26(30(2,3)4)32-34(27)24-14-16-25(38-6)17-15-24/h10-17,20H,7-9,18-19,21H2,1-6H3,(H,31,35). The Labute approximate surface area is 225 Å². The van der Waals surface area contributed by atoms with Crippen LogP contribution >= 0.6 is 0 Å². The van der Waals surface area contributed by atoms with Gasteiger partial charge in [0.1, 0.15) is 18.1 Å². The fourth-order valence-corrected chi connectivity index (χ4v) is 3.94. The van der Waals surface area contributed by atoms with E-state index in [1.165, 1.54) is 10.5 Å². The number of benzene rings is 2. The van der Waals surface area contributed by atoms with Crippen LogP contribution in [0.3, 0.4) is 0 Å². The van der Waals surface area contributed by atoms with E-state index in [1.807, 2.05) is 54.6 Å². The summed E-state index contributed by atoms with van der Waals surface area (Å²) in [6, 6.07) is 17.0. The smallest absolute Gasteiger partial charge is 0.254 e. The van der Waals surface area contributed by atoms with E-state index in [0.717, 1.165) is 36.4 Å². The lowest BCUT2D eigenvalue weighted by atomic mass is 9.92. The number of carbonyl (C=O) groups is 2. The van der Waals surface area contributed by atoms with Crippen molar-refractivity contribution in [1.82, 2.24) is 14.7 Å². The monoisotopic (exact) mass is 520 g/mol. The van der Waals surface area contributed by atoms with E-state index in [0.29, 0.717) is 24.5 Å². The molecule has 0 atom stereocenters. The molecule has 3 rings (SSSR count). The lowest BCUT2D eigenvalue weighted by molar-refractivity contribution is -0.117. The lowest BCUT2D eigenvalue weighted by Crippen LogP contribution is -2.40. The van der Waals surface area contributed by atoms with Gasteiger partial charge in [-0.25, -0.2) is 4.68 Å². The van der Waals surface area contributed by atoms with Crippen LogP contribution < -0.4 is 10.1 Å². The van der Waals surface area contributed by atoms with Gasteiger partial charge in [0.05, 0.1) is 25.1 Å². The van der Waals surface area contributed by atoms with Crippen LogP contribution in [0.1, 0.15) is 62.2 Å². The normalized spacial score (nSPS) is 11.3. The van der Waals surface area contributed by atoms with Gasteiger partial charge in [-0.3, -0.25) is 9.59 Å². The molecule has 3 aromatic rings. The third-order valence-electron chi connectivity index (χ3n) is 6.27. The summed E-state index contributed by atoms with van der Waals surface area (Å²) in [7, 11) is 3.19. The summed E-state index contributed by atoms with van der Waals surface area (Å²) in [5, 5.41) is 7.73. The third-order valence-corrected chi connectivity index (χ3v) is 6.27. The van der Waals surface area contributed by atoms with Crippen molar-refractivity contribution in [3.8, 4) is 11.4 Å². The Kier molecular flexibility index (Phi) is 10.1. The van der Waals surface area contributed by atoms with Gasteiger partial charge in [0, 0.05) is 30.7 Å². The molecule has 0 spiro atoms. The van der Waals surface area contributed by atoms with Crippen molar-refractivity contribution in [1.29, 1.82) is 0 Å². The van der Waals surface area contributed by atoms with Crippen molar-refractivity contribution in [2.45, 2.75) is 52.4 Å². The summed E-state index contributed by atoms with van der Waals surface area (Å²) in [6.45, 7) is 8.87. The fourth-order valence-electron chi connectivity index (χ4n) is 3.94. The highest BCUT2D eigenvalue weighted by Gasteiger charge is 2.23. The molecule has 0 aliphatic carbocycles. The van der Waals surface area contributed by atoms with E-state index >= 15 is 0 Å². The van der Waals surface area contributed by atoms with Crippen molar-refractivity contribution in [2.75, 3.05) is 39.2 Å². The highest BCUT2D eigenvalue weighted by molar-refractivity contribution is 5.99. The second-order valence-corrected chi connectivity index (χ2v) is 10.3. The third kappa shape index (κ3) is 7.68. The number of carbonyl (C=O) groups excluding carboxylic acids is 2. The molecule has 0 aliphatic heterocycles. The van der Waals surface area contributed by atoms with Gasteiger partial charge in [0.25, 0.3) is 5.91 Å². The highest BCUT2D eigenvalue weighted by atomic mass is 16.5. The minimum atomic E-state index is -0.316. The van der Waals surface area contributed by atoms with Crippen LogP contribution in [-0.2, 0) is 21.4 Å². The minimum absolute atomic E-state index is 0.113. The zero-order chi connectivity index (χ0) is 27.7. The Balaban J connectivity index is 1.81. The SMILES string of the molecule is CCCCc1ccc(C(=O)N(CCOC)CC(=O)Nc2cc(C(C)(C)C)nn2-c2ccc(OC)cc2)cc1. The molecule has 0 saturated heterocycles. The van der Waals surface area contributed by atoms with Gasteiger partial charge < -0.3 is 19.7 Å². The first kappa shape index (κ1) is 28.9. The molecule has 0 saturated carbocycles. The van der Waals surface area contributed by atoms with Crippen molar-refractivity contribution in [2.24, 2.45) is 0 Å². The number of ether oxygens (including phenoxy) is 2. The predicted molar refractivity (Wildman–Crippen MR) is 150 cm³/mol. The topological polar surface area (TPSA) is 85.7 Å². The van der Waals surface area contributed by atoms with Crippen LogP contribution in [0.4, 0.5) is 5.82 Å². The molecular weight excluding hydrogens is 480 g/mol. The Morgan fingerprint density at radius 3 is 2.29 bits per heavy atom. The number of unbranched alkanes of at least 4 members (excludes halogenated alkanes) is 1. The van der Waals surface area contributed by atoms with Gasteiger partial charge in [0.15, 0.2) is 0 Å². The molecule has 1 N–H and O–H groups in total. The summed E-state index contributed by atoms with van der Waals surface area (Å²) in [6.07, 6.45) is 3.21. The average Bonchev–Trinajstić information content (AvgIpc) is 3.34. The van der Waals surface area contributed by atoms with Crippen molar-refractivity contribution < 1.29 is 19.1 Å². The van der Waals surface area contributed by atoms with E-state index in [-0.39, 0.29) is 23.8 Å². The van der Waals surface area contributed by atoms with Crippen LogP contribution in [0.2, 0.25) is 0 Å². The van der Waals surface area contributed by atoms with Gasteiger partial charge in [-0.2, -0.15) is 5.10 Å². The molecule has 8 heteroatoms. The molecule has 0 fully saturated rings. The van der Waals surface area contributed by atoms with Crippen LogP contribution in [0.15, 0.2) is 54.6 Å². The van der Waals surface area contributed by atoms with E-state index in [1.54, 1.807) is 18.9 Å². The van der Waals surface area contributed by atoms with E-state index in [9.17, 15) is 9.59 Å². The van der Waals surface area contributed by atoms with Gasteiger partial charge >= 0.3 is 0 Å². The molecule has 0 bridgehead atoms. The minimum Gasteiger partial charge on any atom is -0.497 e. The number of aromatic nitrogens is 2. The number of amides is 2. The molecule has 38 heavy (non-hydrogen) atoms. The average molecular weight is 521 g/mol. The molecule has 0 unspecified atom stereocenters. The Bertz CT molecular complexity index is 1190. The molecule has 0 aliphatic rings. The number of anilines is 1. The Hall–Kier alpha value is -3.65. The Morgan fingerprint density at radius 2 is 1.71 bits per heavy atom. The van der Waals surface area contributed by atoms with Crippen LogP contribution in [0, 0.1) is 0 Å². The number of methoxy groups -OCH3 is 2. The first-order chi connectivity index (χ1) is 18.2. The molecule has 0 radical (unpaired) electrons. The molecule has 8 nitrogen and oxygen atoms in total. The van der Waals surface area contributed by atoms with Gasteiger partial charge in [-0.05, 0) is 54.8 Å². The maximum Gasteiger partial charge on any atom is 0.254 e. The van der Waals surface area contributed by atoms with Crippen LogP contribution in [0.25, 0.3) is 5.69 Å². The summed E-state index contributed by atoms with van der Waals surface area (Å²) >= 11 is 0. The van der Waals surface area contributed by atoms with Crippen molar-refractivity contribution in [3.05, 3.63) is 71.4 Å². The summed E-state index contributed by atoms with van der Waals surface area (Å²) in [4.78, 5) is 28.1. The predicted octanol–water partition coefficient (Wildman–Crippen LogP) is 5.25. The lowest BCUT2D eigenvalue weighted by Gasteiger charge is -2.22. The molecule has 204 valence electrons. The zero-order valence-corrected chi connectivity index (χ0v) is 23.4. The van der Waals surface area contributed by atoms with Crippen molar-refractivity contribution in [3.63, 3.8) is 0 Å². The number of rotatable bonds is 12.